The molecule has 0 aliphatic rings. The fourth-order valence-electron chi connectivity index (χ4n) is 2.24. The van der Waals surface area contributed by atoms with Crippen molar-refractivity contribution < 1.29 is 9.15 Å². The number of pyridine rings is 2. The Balaban J connectivity index is 1.63. The molecule has 0 N–H and O–H groups in total. The van der Waals surface area contributed by atoms with Crippen molar-refractivity contribution >= 4 is 0 Å². The third-order valence-electron chi connectivity index (χ3n) is 3.58. The maximum absolute atomic E-state index is 5.77. The second-order valence-corrected chi connectivity index (χ2v) is 6.72. The standard InChI is InChI=1S/C19H21N3O2/c1-19(2,3)17-12-22-18(24-17)13-23-16-9-15(10-21-11-16)8-14-4-6-20-7-5-14/h4-7,9-12H,8,13H2,1-3H3. The van der Waals surface area contributed by atoms with Crippen molar-refractivity contribution in [2.45, 2.75) is 39.2 Å². The van der Waals surface area contributed by atoms with E-state index >= 15 is 0 Å². The van der Waals surface area contributed by atoms with Crippen LogP contribution in [-0.2, 0) is 18.4 Å². The first kappa shape index (κ1) is 16.2. The predicted molar refractivity (Wildman–Crippen MR) is 90.8 cm³/mol. The molecule has 0 aromatic carbocycles. The van der Waals surface area contributed by atoms with Crippen LogP contribution in [0.25, 0.3) is 0 Å². The van der Waals surface area contributed by atoms with Crippen LogP contribution in [0.15, 0.2) is 53.6 Å². The van der Waals surface area contributed by atoms with E-state index in [2.05, 4.69) is 35.7 Å². The highest BCUT2D eigenvalue weighted by atomic mass is 16.5. The summed E-state index contributed by atoms with van der Waals surface area (Å²) >= 11 is 0. The second kappa shape index (κ2) is 6.83. The summed E-state index contributed by atoms with van der Waals surface area (Å²) in [7, 11) is 0. The van der Waals surface area contributed by atoms with Crippen LogP contribution in [0.2, 0.25) is 0 Å². The van der Waals surface area contributed by atoms with E-state index in [1.54, 1.807) is 24.8 Å². The van der Waals surface area contributed by atoms with Crippen LogP contribution in [0.4, 0.5) is 0 Å². The summed E-state index contributed by atoms with van der Waals surface area (Å²) in [6, 6.07) is 5.98. The molecule has 3 heterocycles. The van der Waals surface area contributed by atoms with Gasteiger partial charge in [-0.3, -0.25) is 9.97 Å². The van der Waals surface area contributed by atoms with Crippen LogP contribution in [-0.4, -0.2) is 15.0 Å². The molecule has 0 atom stereocenters. The van der Waals surface area contributed by atoms with Gasteiger partial charge in [-0.2, -0.15) is 0 Å². The summed E-state index contributed by atoms with van der Waals surface area (Å²) in [5, 5.41) is 0. The SMILES string of the molecule is CC(C)(C)c1cnc(COc2cncc(Cc3ccncc3)c2)o1. The third kappa shape index (κ3) is 4.19. The lowest BCUT2D eigenvalue weighted by Crippen LogP contribution is -2.09. The third-order valence-corrected chi connectivity index (χ3v) is 3.58. The van der Waals surface area contributed by atoms with Crippen molar-refractivity contribution in [1.82, 2.24) is 15.0 Å². The normalized spacial score (nSPS) is 11.5. The van der Waals surface area contributed by atoms with Gasteiger partial charge >= 0.3 is 0 Å². The smallest absolute Gasteiger partial charge is 0.232 e. The summed E-state index contributed by atoms with van der Waals surface area (Å²) in [5.41, 5.74) is 2.21. The maximum atomic E-state index is 5.77. The average molecular weight is 323 g/mol. The molecule has 0 amide bonds. The van der Waals surface area contributed by atoms with E-state index in [1.807, 2.05) is 24.4 Å². The number of oxazole rings is 1. The highest BCUT2D eigenvalue weighted by Gasteiger charge is 2.19. The minimum atomic E-state index is -0.0583. The quantitative estimate of drug-likeness (QED) is 0.712. The largest absolute Gasteiger partial charge is 0.482 e. The molecule has 0 saturated carbocycles. The van der Waals surface area contributed by atoms with E-state index in [0.29, 0.717) is 11.6 Å². The Hall–Kier alpha value is -2.69. The summed E-state index contributed by atoms with van der Waals surface area (Å²) < 4.78 is 11.5. The van der Waals surface area contributed by atoms with Crippen LogP contribution >= 0.6 is 0 Å². The molecule has 3 aromatic rings. The van der Waals surface area contributed by atoms with E-state index in [1.165, 1.54) is 5.56 Å². The fourth-order valence-corrected chi connectivity index (χ4v) is 2.24. The van der Waals surface area contributed by atoms with Crippen LogP contribution in [0, 0.1) is 0 Å². The topological polar surface area (TPSA) is 61.0 Å². The Labute approximate surface area is 141 Å². The zero-order chi connectivity index (χ0) is 17.0. The average Bonchev–Trinajstić information content (AvgIpc) is 3.04. The van der Waals surface area contributed by atoms with Gasteiger partial charge in [-0.05, 0) is 35.7 Å². The molecule has 3 aromatic heterocycles. The monoisotopic (exact) mass is 323 g/mol. The summed E-state index contributed by atoms with van der Waals surface area (Å²) in [5.74, 6) is 2.13. The van der Waals surface area contributed by atoms with Crippen molar-refractivity contribution in [2.75, 3.05) is 0 Å². The minimum Gasteiger partial charge on any atom is -0.482 e. The zero-order valence-electron chi connectivity index (χ0n) is 14.2. The van der Waals surface area contributed by atoms with Crippen LogP contribution in [0.5, 0.6) is 5.75 Å². The first-order valence-electron chi connectivity index (χ1n) is 7.91. The van der Waals surface area contributed by atoms with Gasteiger partial charge in [-0.1, -0.05) is 20.8 Å². The number of aromatic nitrogens is 3. The first-order valence-corrected chi connectivity index (χ1v) is 7.91. The van der Waals surface area contributed by atoms with Gasteiger partial charge in [-0.25, -0.2) is 4.98 Å². The van der Waals surface area contributed by atoms with Gasteiger partial charge in [-0.15, -0.1) is 0 Å². The lowest BCUT2D eigenvalue weighted by molar-refractivity contribution is 0.251. The second-order valence-electron chi connectivity index (χ2n) is 6.72. The molecule has 0 radical (unpaired) electrons. The molecule has 0 spiro atoms. The maximum Gasteiger partial charge on any atom is 0.232 e. The molecule has 3 rings (SSSR count). The molecule has 0 unspecified atom stereocenters. The minimum absolute atomic E-state index is 0.0583. The molecule has 24 heavy (non-hydrogen) atoms. The van der Waals surface area contributed by atoms with E-state index in [4.69, 9.17) is 9.15 Å². The predicted octanol–water partition coefficient (Wildman–Crippen LogP) is 3.93. The molecule has 5 heteroatoms. The number of rotatable bonds is 5. The van der Waals surface area contributed by atoms with E-state index in [-0.39, 0.29) is 12.0 Å². The lowest BCUT2D eigenvalue weighted by atomic mass is 9.94. The van der Waals surface area contributed by atoms with Crippen LogP contribution in [0.1, 0.15) is 43.5 Å². The van der Waals surface area contributed by atoms with Crippen molar-refractivity contribution in [2.24, 2.45) is 0 Å². The van der Waals surface area contributed by atoms with Gasteiger partial charge in [0.2, 0.25) is 5.89 Å². The number of ether oxygens (including phenoxy) is 1. The molecule has 0 aliphatic carbocycles. The van der Waals surface area contributed by atoms with Gasteiger partial charge in [0.05, 0.1) is 12.4 Å². The van der Waals surface area contributed by atoms with Gasteiger partial charge in [0.1, 0.15) is 11.5 Å². The molecule has 0 saturated heterocycles. The van der Waals surface area contributed by atoms with E-state index in [9.17, 15) is 0 Å². The Morgan fingerprint density at radius 2 is 1.79 bits per heavy atom. The number of hydrogen-bond donors (Lipinski definition) is 0. The Morgan fingerprint density at radius 1 is 1.00 bits per heavy atom. The molecule has 0 fully saturated rings. The van der Waals surface area contributed by atoms with Gasteiger partial charge in [0.25, 0.3) is 0 Å². The number of nitrogens with zero attached hydrogens (tertiary/aromatic N) is 3. The van der Waals surface area contributed by atoms with Crippen molar-refractivity contribution in [3.8, 4) is 5.75 Å². The lowest BCUT2D eigenvalue weighted by Gasteiger charge is -2.13. The molecular weight excluding hydrogens is 302 g/mol. The highest BCUT2D eigenvalue weighted by molar-refractivity contribution is 5.28. The Bertz CT molecular complexity index is 792. The van der Waals surface area contributed by atoms with Crippen LogP contribution < -0.4 is 4.74 Å². The summed E-state index contributed by atoms with van der Waals surface area (Å²) in [4.78, 5) is 12.5. The molecule has 0 aliphatic heterocycles. The van der Waals surface area contributed by atoms with Crippen LogP contribution in [0.3, 0.4) is 0 Å². The fraction of sp³-hybridized carbons (Fsp3) is 0.316. The zero-order valence-corrected chi connectivity index (χ0v) is 14.2. The van der Waals surface area contributed by atoms with Gasteiger partial charge < -0.3 is 9.15 Å². The highest BCUT2D eigenvalue weighted by Crippen LogP contribution is 2.23. The number of hydrogen-bond acceptors (Lipinski definition) is 5. The molecule has 5 nitrogen and oxygen atoms in total. The first-order chi connectivity index (χ1) is 11.5. The van der Waals surface area contributed by atoms with Crippen molar-refractivity contribution in [1.29, 1.82) is 0 Å². The molecule has 0 bridgehead atoms. The molecular formula is C19H21N3O2. The van der Waals surface area contributed by atoms with E-state index < -0.39 is 0 Å². The molecule has 124 valence electrons. The van der Waals surface area contributed by atoms with Crippen molar-refractivity contribution in [3.05, 3.63) is 72.0 Å². The van der Waals surface area contributed by atoms with Gasteiger partial charge in [0, 0.05) is 24.0 Å². The van der Waals surface area contributed by atoms with E-state index in [0.717, 1.165) is 17.7 Å². The summed E-state index contributed by atoms with van der Waals surface area (Å²) in [6.07, 6.45) is 9.67. The van der Waals surface area contributed by atoms with Crippen molar-refractivity contribution in [3.63, 3.8) is 0 Å². The van der Waals surface area contributed by atoms with Gasteiger partial charge in [0.15, 0.2) is 6.61 Å². The Morgan fingerprint density at radius 3 is 2.50 bits per heavy atom. The summed E-state index contributed by atoms with van der Waals surface area (Å²) in [6.45, 7) is 6.55. The Kier molecular flexibility index (Phi) is 4.60.